The molecule has 188 valence electrons. The molecule has 0 fully saturated rings. The molecule has 0 atom stereocenters. The van der Waals surface area contributed by atoms with Gasteiger partial charge in [-0.05, 0) is 160 Å². The molecule has 0 unspecified atom stereocenters. The van der Waals surface area contributed by atoms with Crippen molar-refractivity contribution in [3.05, 3.63) is 67.8 Å². The molecule has 0 bridgehead atoms. The standard InChI is InChI=1S/C33H39O2P/c1-15(2)36-34-32-24(11)22(9)28-20(7)18(5)16(3)13-26(28)30(32)31-27-14-17(4)19(6)21(8)29(27)23(10)25(12)33(31)35-36/h13-15H,1-12H3. The van der Waals surface area contributed by atoms with Crippen molar-refractivity contribution in [2.24, 2.45) is 0 Å². The molecule has 5 aromatic rings. The van der Waals surface area contributed by atoms with Crippen molar-refractivity contribution >= 4 is 51.5 Å². The van der Waals surface area contributed by atoms with Gasteiger partial charge < -0.3 is 8.39 Å². The summed E-state index contributed by atoms with van der Waals surface area (Å²) in [5.41, 5.74) is 15.4. The molecule has 0 amide bonds. The van der Waals surface area contributed by atoms with E-state index in [0.717, 1.165) is 11.2 Å². The van der Waals surface area contributed by atoms with E-state index in [0.29, 0.717) is 0 Å². The maximum atomic E-state index is 6.90. The third-order valence-electron chi connectivity index (χ3n) is 8.90. The van der Waals surface area contributed by atoms with Gasteiger partial charge in [-0.25, -0.2) is 0 Å². The van der Waals surface area contributed by atoms with E-state index in [4.69, 9.17) is 8.39 Å². The van der Waals surface area contributed by atoms with Gasteiger partial charge in [-0.15, -0.1) is 0 Å². The fraction of sp³-hybridized carbons (Fsp3) is 0.394. The van der Waals surface area contributed by atoms with Gasteiger partial charge in [0.15, 0.2) is 0 Å². The van der Waals surface area contributed by atoms with Crippen LogP contribution in [0.3, 0.4) is 0 Å². The van der Waals surface area contributed by atoms with Crippen molar-refractivity contribution < 1.29 is 8.39 Å². The van der Waals surface area contributed by atoms with Crippen LogP contribution in [0.25, 0.3) is 43.5 Å². The minimum Gasteiger partial charge on any atom is -0.419 e. The van der Waals surface area contributed by atoms with Gasteiger partial charge in [0.05, 0.1) is 5.66 Å². The van der Waals surface area contributed by atoms with Gasteiger partial charge in [-0.2, -0.15) is 0 Å². The quantitative estimate of drug-likeness (QED) is 0.230. The van der Waals surface area contributed by atoms with E-state index in [1.165, 1.54) is 88.0 Å². The predicted octanol–water partition coefficient (Wildman–Crippen LogP) is 11.3. The van der Waals surface area contributed by atoms with Gasteiger partial charge in [-0.3, -0.25) is 0 Å². The highest BCUT2D eigenvalue weighted by atomic mass is 31.1. The molecular formula is C33H39O2P. The lowest BCUT2D eigenvalue weighted by Crippen LogP contribution is -1.97. The van der Waals surface area contributed by atoms with Crippen LogP contribution in [0.1, 0.15) is 75.1 Å². The van der Waals surface area contributed by atoms with Gasteiger partial charge in [-0.1, -0.05) is 12.1 Å². The first kappa shape index (κ1) is 25.0. The van der Waals surface area contributed by atoms with E-state index < -0.39 is 8.01 Å². The number of fused-ring (bicyclic) bond motifs is 7. The summed E-state index contributed by atoms with van der Waals surface area (Å²) in [6.45, 7) is 26.9. The van der Waals surface area contributed by atoms with E-state index in [9.17, 15) is 0 Å². The second kappa shape index (κ2) is 8.42. The van der Waals surface area contributed by atoms with Crippen LogP contribution in [0.4, 0.5) is 0 Å². The highest BCUT2D eigenvalue weighted by molar-refractivity contribution is 7.37. The number of aryl methyl sites for hydroxylation is 8. The number of hydrogen-bond acceptors (Lipinski definition) is 2. The summed E-state index contributed by atoms with van der Waals surface area (Å²) in [5, 5.41) is 7.67. The van der Waals surface area contributed by atoms with Crippen LogP contribution in [-0.4, -0.2) is 0 Å². The Morgan fingerprint density at radius 3 is 1.14 bits per heavy atom. The van der Waals surface area contributed by atoms with Crippen molar-refractivity contribution in [3.8, 4) is 0 Å². The summed E-state index contributed by atoms with van der Waals surface area (Å²) in [6, 6.07) is 4.77. The fourth-order valence-electron chi connectivity index (χ4n) is 5.99. The Morgan fingerprint density at radius 1 is 0.472 bits per heavy atom. The maximum absolute atomic E-state index is 6.90. The lowest BCUT2D eigenvalue weighted by Gasteiger charge is -2.19. The molecule has 5 rings (SSSR count). The van der Waals surface area contributed by atoms with Crippen molar-refractivity contribution in [1.29, 1.82) is 0 Å². The van der Waals surface area contributed by atoms with Gasteiger partial charge in [0.2, 0.25) is 8.01 Å². The van der Waals surface area contributed by atoms with Gasteiger partial charge in [0.1, 0.15) is 11.2 Å². The first-order valence-corrected chi connectivity index (χ1v) is 14.3. The largest absolute Gasteiger partial charge is 0.419 e. The summed E-state index contributed by atoms with van der Waals surface area (Å²) in [7, 11) is -1.14. The molecule has 0 N–H and O–H groups in total. The minimum absolute atomic E-state index is 0.271. The van der Waals surface area contributed by atoms with Crippen LogP contribution >= 0.6 is 8.01 Å². The van der Waals surface area contributed by atoms with Crippen molar-refractivity contribution in [3.63, 3.8) is 0 Å². The highest BCUT2D eigenvalue weighted by Crippen LogP contribution is 2.49. The highest BCUT2D eigenvalue weighted by Gasteiger charge is 2.23. The molecule has 1 aromatic heterocycles. The molecule has 3 heteroatoms. The molecule has 1 heterocycles. The lowest BCUT2D eigenvalue weighted by atomic mass is 9.85. The van der Waals surface area contributed by atoms with Gasteiger partial charge >= 0.3 is 0 Å². The molecule has 2 nitrogen and oxygen atoms in total. The first-order chi connectivity index (χ1) is 16.9. The molecule has 0 aliphatic heterocycles. The van der Waals surface area contributed by atoms with Gasteiger partial charge in [0, 0.05) is 10.8 Å². The molecule has 36 heavy (non-hydrogen) atoms. The van der Waals surface area contributed by atoms with Crippen LogP contribution in [0, 0.1) is 69.2 Å². The second-order valence-electron chi connectivity index (χ2n) is 11.2. The van der Waals surface area contributed by atoms with Crippen LogP contribution in [-0.2, 0) is 0 Å². The molecule has 0 radical (unpaired) electrons. The Labute approximate surface area is 216 Å². The molecule has 0 aliphatic rings. The summed E-state index contributed by atoms with van der Waals surface area (Å²) in [4.78, 5) is 0. The Morgan fingerprint density at radius 2 is 0.806 bits per heavy atom. The second-order valence-corrected chi connectivity index (χ2v) is 13.2. The number of benzene rings is 4. The normalized spacial score (nSPS) is 12.1. The third kappa shape index (κ3) is 3.30. The van der Waals surface area contributed by atoms with Crippen molar-refractivity contribution in [2.75, 3.05) is 0 Å². The number of hydrogen-bond donors (Lipinski definition) is 0. The summed E-state index contributed by atoms with van der Waals surface area (Å²) in [5.74, 6) is 0. The molecular weight excluding hydrogens is 459 g/mol. The van der Waals surface area contributed by atoms with E-state index in [1.54, 1.807) is 0 Å². The molecule has 0 saturated heterocycles. The lowest BCUT2D eigenvalue weighted by molar-refractivity contribution is 0.619. The number of rotatable bonds is 1. The Hall–Kier alpha value is -2.70. The zero-order valence-corrected chi connectivity index (χ0v) is 24.9. The average molecular weight is 499 g/mol. The monoisotopic (exact) mass is 498 g/mol. The van der Waals surface area contributed by atoms with E-state index in [-0.39, 0.29) is 5.66 Å². The van der Waals surface area contributed by atoms with Crippen molar-refractivity contribution in [2.45, 2.75) is 88.7 Å². The Kier molecular flexibility index (Phi) is 5.84. The summed E-state index contributed by atoms with van der Waals surface area (Å²) < 4.78 is 13.8. The topological polar surface area (TPSA) is 26.3 Å². The van der Waals surface area contributed by atoms with Crippen molar-refractivity contribution in [1.82, 2.24) is 0 Å². The van der Waals surface area contributed by atoms with E-state index in [1.807, 2.05) is 0 Å². The third-order valence-corrected chi connectivity index (χ3v) is 10.5. The first-order valence-electron chi connectivity index (χ1n) is 13.1. The predicted molar refractivity (Wildman–Crippen MR) is 159 cm³/mol. The van der Waals surface area contributed by atoms with Crippen LogP contribution < -0.4 is 0 Å². The van der Waals surface area contributed by atoms with Gasteiger partial charge in [0.25, 0.3) is 0 Å². The minimum atomic E-state index is -1.14. The molecule has 0 spiro atoms. The summed E-state index contributed by atoms with van der Waals surface area (Å²) in [6.07, 6.45) is 0. The zero-order valence-electron chi connectivity index (χ0n) is 24.0. The maximum Gasteiger partial charge on any atom is 0.219 e. The van der Waals surface area contributed by atoms with Crippen LogP contribution in [0.15, 0.2) is 20.5 Å². The van der Waals surface area contributed by atoms with Crippen LogP contribution in [0.2, 0.25) is 0 Å². The Bertz CT molecular complexity index is 1670. The average Bonchev–Trinajstić information content (AvgIpc) is 3.01. The van der Waals surface area contributed by atoms with E-state index in [2.05, 4.69) is 95.2 Å². The summed E-state index contributed by atoms with van der Waals surface area (Å²) >= 11 is 0. The molecule has 0 aliphatic carbocycles. The molecule has 4 aromatic carbocycles. The Balaban J connectivity index is 2.33. The fourth-order valence-corrected chi connectivity index (χ4v) is 7.27. The molecule has 0 saturated carbocycles. The SMILES string of the molecule is Cc1cc2c(c(C)c1C)c(C)c(C)c1op(C(C)C)oc3c(C)c(C)c4c(C)c(C)c(C)cc4c3c12. The van der Waals surface area contributed by atoms with E-state index >= 15 is 0 Å². The zero-order chi connectivity index (χ0) is 26.4. The van der Waals surface area contributed by atoms with Crippen LogP contribution in [0.5, 0.6) is 0 Å². The smallest absolute Gasteiger partial charge is 0.219 e.